The summed E-state index contributed by atoms with van der Waals surface area (Å²) in [5.41, 5.74) is 1.13. The van der Waals surface area contributed by atoms with Crippen LogP contribution in [-0.2, 0) is 11.3 Å². The summed E-state index contributed by atoms with van der Waals surface area (Å²) in [4.78, 5) is 14.6. The summed E-state index contributed by atoms with van der Waals surface area (Å²) in [6.45, 7) is 3.55. The van der Waals surface area contributed by atoms with Crippen LogP contribution in [0.3, 0.4) is 0 Å². The molecule has 1 amide bonds. The molecule has 2 heterocycles. The minimum Gasteiger partial charge on any atom is -0.493 e. The Labute approximate surface area is 148 Å². The molecule has 134 valence electrons. The van der Waals surface area contributed by atoms with Gasteiger partial charge in [-0.1, -0.05) is 12.1 Å². The van der Waals surface area contributed by atoms with E-state index in [0.29, 0.717) is 11.5 Å². The van der Waals surface area contributed by atoms with Crippen LogP contribution in [0, 0.1) is 6.92 Å². The van der Waals surface area contributed by atoms with Crippen molar-refractivity contribution in [2.24, 2.45) is 0 Å². The first kappa shape index (κ1) is 17.3. The van der Waals surface area contributed by atoms with E-state index in [9.17, 15) is 4.79 Å². The molecule has 0 bridgehead atoms. The lowest BCUT2D eigenvalue weighted by atomic mass is 10.0. The summed E-state index contributed by atoms with van der Waals surface area (Å²) in [6, 6.07) is 7.55. The van der Waals surface area contributed by atoms with E-state index < -0.39 is 0 Å². The van der Waals surface area contributed by atoms with E-state index in [-0.39, 0.29) is 18.6 Å². The lowest BCUT2D eigenvalue weighted by Gasteiger charge is -2.35. The second-order valence-corrected chi connectivity index (χ2v) is 6.42. The molecule has 0 spiro atoms. The van der Waals surface area contributed by atoms with Crippen LogP contribution in [0.15, 0.2) is 36.7 Å². The Balaban J connectivity index is 1.62. The zero-order valence-corrected chi connectivity index (χ0v) is 14.9. The number of carbonyl (C=O) groups is 1. The van der Waals surface area contributed by atoms with Crippen molar-refractivity contribution < 1.29 is 14.3 Å². The van der Waals surface area contributed by atoms with Crippen LogP contribution in [0.1, 0.15) is 24.8 Å². The minimum atomic E-state index is 0.0134. The molecule has 1 aromatic carbocycles. The van der Waals surface area contributed by atoms with Crippen LogP contribution >= 0.6 is 0 Å². The number of hydrogen-bond donors (Lipinski definition) is 0. The van der Waals surface area contributed by atoms with Crippen molar-refractivity contribution >= 4 is 5.91 Å². The SMILES string of the molecule is COc1ccccc1OCC(=O)N1CCCCC1Cn1cc(C)cn1. The molecule has 2 aromatic rings. The van der Waals surface area contributed by atoms with Crippen molar-refractivity contribution in [2.75, 3.05) is 20.3 Å². The lowest BCUT2D eigenvalue weighted by Crippen LogP contribution is -2.47. The second-order valence-electron chi connectivity index (χ2n) is 6.42. The first-order chi connectivity index (χ1) is 12.2. The van der Waals surface area contributed by atoms with Crippen molar-refractivity contribution in [1.29, 1.82) is 0 Å². The minimum absolute atomic E-state index is 0.0134. The fraction of sp³-hybridized carbons (Fsp3) is 0.474. The molecule has 1 aromatic heterocycles. The van der Waals surface area contributed by atoms with Crippen LogP contribution < -0.4 is 9.47 Å². The van der Waals surface area contributed by atoms with Gasteiger partial charge in [0.25, 0.3) is 5.91 Å². The Morgan fingerprint density at radius 2 is 2.08 bits per heavy atom. The molecule has 0 N–H and O–H groups in total. The number of rotatable bonds is 6. The molecule has 0 radical (unpaired) electrons. The summed E-state index contributed by atoms with van der Waals surface area (Å²) in [7, 11) is 1.59. The highest BCUT2D eigenvalue weighted by molar-refractivity contribution is 5.78. The summed E-state index contributed by atoms with van der Waals surface area (Å²) < 4.78 is 12.9. The number of piperidine rings is 1. The van der Waals surface area contributed by atoms with Gasteiger partial charge in [0.05, 0.1) is 25.9 Å². The number of carbonyl (C=O) groups excluding carboxylic acids is 1. The third-order valence-electron chi connectivity index (χ3n) is 4.53. The summed E-state index contributed by atoms with van der Waals surface area (Å²) >= 11 is 0. The van der Waals surface area contributed by atoms with Crippen LogP contribution in [0.2, 0.25) is 0 Å². The monoisotopic (exact) mass is 343 g/mol. The van der Waals surface area contributed by atoms with Crippen LogP contribution in [0.4, 0.5) is 0 Å². The number of para-hydroxylation sites is 2. The van der Waals surface area contributed by atoms with E-state index in [1.807, 2.05) is 53.2 Å². The van der Waals surface area contributed by atoms with Gasteiger partial charge in [0, 0.05) is 12.7 Å². The molecule has 1 aliphatic heterocycles. The zero-order chi connectivity index (χ0) is 17.6. The number of likely N-dealkylation sites (tertiary alicyclic amines) is 1. The van der Waals surface area contributed by atoms with E-state index >= 15 is 0 Å². The average Bonchev–Trinajstić information content (AvgIpc) is 3.05. The van der Waals surface area contributed by atoms with Crippen LogP contribution in [0.5, 0.6) is 11.5 Å². The third-order valence-corrected chi connectivity index (χ3v) is 4.53. The van der Waals surface area contributed by atoms with Gasteiger partial charge in [-0.2, -0.15) is 5.10 Å². The molecule has 25 heavy (non-hydrogen) atoms. The van der Waals surface area contributed by atoms with E-state index in [4.69, 9.17) is 9.47 Å². The Hall–Kier alpha value is -2.50. The molecular formula is C19H25N3O3. The fourth-order valence-electron chi connectivity index (χ4n) is 3.26. The first-order valence-electron chi connectivity index (χ1n) is 8.71. The van der Waals surface area contributed by atoms with Crippen molar-refractivity contribution in [1.82, 2.24) is 14.7 Å². The number of hydrogen-bond acceptors (Lipinski definition) is 4. The number of benzene rings is 1. The third kappa shape index (κ3) is 4.32. The highest BCUT2D eigenvalue weighted by Crippen LogP contribution is 2.26. The molecule has 0 aliphatic carbocycles. The maximum atomic E-state index is 12.7. The molecule has 1 unspecified atom stereocenters. The maximum absolute atomic E-state index is 12.7. The second kappa shape index (κ2) is 8.05. The van der Waals surface area contributed by atoms with Gasteiger partial charge in [-0.15, -0.1) is 0 Å². The van der Waals surface area contributed by atoms with Crippen molar-refractivity contribution in [3.8, 4) is 11.5 Å². The van der Waals surface area contributed by atoms with Gasteiger partial charge in [0.1, 0.15) is 0 Å². The molecular weight excluding hydrogens is 318 g/mol. The van der Waals surface area contributed by atoms with Gasteiger partial charge in [-0.05, 0) is 43.9 Å². The lowest BCUT2D eigenvalue weighted by molar-refractivity contribution is -0.137. The summed E-state index contributed by atoms with van der Waals surface area (Å²) in [6.07, 6.45) is 7.04. The molecule has 0 saturated carbocycles. The molecule has 3 rings (SSSR count). The highest BCUT2D eigenvalue weighted by Gasteiger charge is 2.27. The largest absolute Gasteiger partial charge is 0.493 e. The molecule has 1 aliphatic rings. The number of nitrogens with zero attached hydrogens (tertiary/aromatic N) is 3. The Morgan fingerprint density at radius 3 is 2.80 bits per heavy atom. The van der Waals surface area contributed by atoms with Crippen LogP contribution in [0.25, 0.3) is 0 Å². The van der Waals surface area contributed by atoms with E-state index in [1.54, 1.807) is 7.11 Å². The molecule has 6 heteroatoms. The maximum Gasteiger partial charge on any atom is 0.260 e. The quantitative estimate of drug-likeness (QED) is 0.809. The number of methoxy groups -OCH3 is 1. The van der Waals surface area contributed by atoms with E-state index in [1.165, 1.54) is 0 Å². The molecule has 6 nitrogen and oxygen atoms in total. The number of ether oxygens (including phenoxy) is 2. The number of amides is 1. The number of aryl methyl sites for hydroxylation is 1. The number of aromatic nitrogens is 2. The summed E-state index contributed by atoms with van der Waals surface area (Å²) in [5.74, 6) is 1.24. The van der Waals surface area contributed by atoms with Gasteiger partial charge >= 0.3 is 0 Å². The van der Waals surface area contributed by atoms with Gasteiger partial charge in [-0.25, -0.2) is 0 Å². The Morgan fingerprint density at radius 1 is 1.28 bits per heavy atom. The van der Waals surface area contributed by atoms with Gasteiger partial charge in [-0.3, -0.25) is 9.48 Å². The van der Waals surface area contributed by atoms with Crippen molar-refractivity contribution in [2.45, 2.75) is 38.8 Å². The Bertz CT molecular complexity index is 713. The van der Waals surface area contributed by atoms with E-state index in [2.05, 4.69) is 5.10 Å². The predicted octanol–water partition coefficient (Wildman–Crippen LogP) is 2.66. The smallest absolute Gasteiger partial charge is 0.260 e. The first-order valence-corrected chi connectivity index (χ1v) is 8.71. The summed E-state index contributed by atoms with van der Waals surface area (Å²) in [5, 5.41) is 4.35. The normalized spacial score (nSPS) is 17.4. The Kier molecular flexibility index (Phi) is 5.58. The fourth-order valence-corrected chi connectivity index (χ4v) is 3.26. The standard InChI is InChI=1S/C19H25N3O3/c1-15-11-20-21(12-15)13-16-7-5-6-10-22(16)19(23)14-25-18-9-4-3-8-17(18)24-2/h3-4,8-9,11-12,16H,5-7,10,13-14H2,1-2H3. The van der Waals surface area contributed by atoms with E-state index in [0.717, 1.165) is 37.9 Å². The molecule has 1 atom stereocenters. The molecule has 1 fully saturated rings. The van der Waals surface area contributed by atoms with Crippen LogP contribution in [-0.4, -0.2) is 46.9 Å². The van der Waals surface area contributed by atoms with Crippen molar-refractivity contribution in [3.05, 3.63) is 42.2 Å². The highest BCUT2D eigenvalue weighted by atomic mass is 16.5. The average molecular weight is 343 g/mol. The zero-order valence-electron chi connectivity index (χ0n) is 14.9. The van der Waals surface area contributed by atoms with Gasteiger partial charge < -0.3 is 14.4 Å². The molecule has 1 saturated heterocycles. The van der Waals surface area contributed by atoms with Gasteiger partial charge in [0.15, 0.2) is 18.1 Å². The van der Waals surface area contributed by atoms with Gasteiger partial charge in [0.2, 0.25) is 0 Å². The predicted molar refractivity (Wildman–Crippen MR) is 94.8 cm³/mol. The van der Waals surface area contributed by atoms with Crippen molar-refractivity contribution in [3.63, 3.8) is 0 Å². The topological polar surface area (TPSA) is 56.6 Å².